The molecule has 0 spiro atoms. The zero-order valence-corrected chi connectivity index (χ0v) is 14.0. The fraction of sp³-hybridized carbons (Fsp3) is 0.381. The van der Waals surface area contributed by atoms with Gasteiger partial charge >= 0.3 is 0 Å². The average Bonchev–Trinajstić information content (AvgIpc) is 3.00. The Balaban J connectivity index is 1.93. The Morgan fingerprint density at radius 2 is 1.74 bits per heavy atom. The van der Waals surface area contributed by atoms with Crippen molar-refractivity contribution >= 4 is 11.6 Å². The average molecular weight is 307 g/mol. The molecule has 1 fully saturated rings. The van der Waals surface area contributed by atoms with Gasteiger partial charge in [0.2, 0.25) is 5.91 Å². The SMILES string of the molecule is Cc1ccccc1N(Cc1ccccc1)C(=O)C1CCCC1C. The number of aryl methyl sites for hydroxylation is 1. The Labute approximate surface area is 139 Å². The van der Waals surface area contributed by atoms with Crippen molar-refractivity contribution in [1.29, 1.82) is 0 Å². The molecule has 1 amide bonds. The molecule has 0 N–H and O–H groups in total. The molecule has 23 heavy (non-hydrogen) atoms. The van der Waals surface area contributed by atoms with Crippen molar-refractivity contribution in [3.8, 4) is 0 Å². The topological polar surface area (TPSA) is 20.3 Å². The van der Waals surface area contributed by atoms with Gasteiger partial charge in [-0.2, -0.15) is 0 Å². The van der Waals surface area contributed by atoms with Crippen LogP contribution in [0.1, 0.15) is 37.3 Å². The first-order valence-corrected chi connectivity index (χ1v) is 8.58. The zero-order valence-electron chi connectivity index (χ0n) is 14.0. The number of carbonyl (C=O) groups excluding carboxylic acids is 1. The minimum absolute atomic E-state index is 0.165. The van der Waals surface area contributed by atoms with Crippen LogP contribution in [0.25, 0.3) is 0 Å². The van der Waals surface area contributed by atoms with Crippen LogP contribution >= 0.6 is 0 Å². The summed E-state index contributed by atoms with van der Waals surface area (Å²) in [7, 11) is 0. The van der Waals surface area contributed by atoms with E-state index in [1.165, 1.54) is 18.4 Å². The van der Waals surface area contributed by atoms with Crippen molar-refractivity contribution in [1.82, 2.24) is 0 Å². The van der Waals surface area contributed by atoms with Crippen LogP contribution in [0.5, 0.6) is 0 Å². The van der Waals surface area contributed by atoms with Crippen molar-refractivity contribution < 1.29 is 4.79 Å². The van der Waals surface area contributed by atoms with Gasteiger partial charge in [0.25, 0.3) is 0 Å². The van der Waals surface area contributed by atoms with E-state index in [0.717, 1.165) is 17.7 Å². The van der Waals surface area contributed by atoms with Gasteiger partial charge in [-0.25, -0.2) is 0 Å². The molecular formula is C21H25NO. The lowest BCUT2D eigenvalue weighted by molar-refractivity contribution is -0.123. The smallest absolute Gasteiger partial charge is 0.230 e. The predicted octanol–water partition coefficient (Wildman–Crippen LogP) is 4.96. The highest BCUT2D eigenvalue weighted by Gasteiger charge is 2.33. The lowest BCUT2D eigenvalue weighted by Gasteiger charge is -2.29. The van der Waals surface area contributed by atoms with E-state index in [9.17, 15) is 4.79 Å². The minimum atomic E-state index is 0.165. The van der Waals surface area contributed by atoms with E-state index >= 15 is 0 Å². The quantitative estimate of drug-likeness (QED) is 0.781. The zero-order chi connectivity index (χ0) is 16.2. The molecule has 2 unspecified atom stereocenters. The Hall–Kier alpha value is -2.09. The van der Waals surface area contributed by atoms with Gasteiger partial charge in [0, 0.05) is 11.6 Å². The maximum Gasteiger partial charge on any atom is 0.230 e. The maximum atomic E-state index is 13.2. The molecule has 0 heterocycles. The molecule has 2 aromatic carbocycles. The number of amides is 1. The highest BCUT2D eigenvalue weighted by Crippen LogP contribution is 2.35. The van der Waals surface area contributed by atoms with Crippen LogP contribution in [0.2, 0.25) is 0 Å². The normalized spacial score (nSPS) is 20.4. The molecule has 0 aromatic heterocycles. The molecular weight excluding hydrogens is 282 g/mol. The lowest BCUT2D eigenvalue weighted by Crippen LogP contribution is -2.37. The molecule has 0 aliphatic heterocycles. The summed E-state index contributed by atoms with van der Waals surface area (Å²) in [6.45, 7) is 4.94. The Kier molecular flexibility index (Phi) is 4.80. The fourth-order valence-electron chi connectivity index (χ4n) is 3.63. The van der Waals surface area contributed by atoms with Crippen LogP contribution in [0.4, 0.5) is 5.69 Å². The number of rotatable bonds is 4. The van der Waals surface area contributed by atoms with Gasteiger partial charge in [-0.15, -0.1) is 0 Å². The molecule has 2 aromatic rings. The van der Waals surface area contributed by atoms with Crippen LogP contribution in [-0.2, 0) is 11.3 Å². The van der Waals surface area contributed by atoms with E-state index in [0.29, 0.717) is 12.5 Å². The van der Waals surface area contributed by atoms with E-state index in [1.807, 2.05) is 35.2 Å². The molecule has 0 bridgehead atoms. The van der Waals surface area contributed by atoms with E-state index < -0.39 is 0 Å². The molecule has 1 aliphatic carbocycles. The third-order valence-electron chi connectivity index (χ3n) is 5.03. The Morgan fingerprint density at radius 3 is 2.39 bits per heavy atom. The van der Waals surface area contributed by atoms with Crippen molar-refractivity contribution in [2.24, 2.45) is 11.8 Å². The van der Waals surface area contributed by atoms with Gasteiger partial charge in [0.15, 0.2) is 0 Å². The van der Waals surface area contributed by atoms with E-state index in [4.69, 9.17) is 0 Å². The second-order valence-electron chi connectivity index (χ2n) is 6.71. The summed E-state index contributed by atoms with van der Waals surface area (Å²) < 4.78 is 0. The first kappa shape index (κ1) is 15.8. The van der Waals surface area contributed by atoms with Gasteiger partial charge in [0.1, 0.15) is 0 Å². The minimum Gasteiger partial charge on any atom is -0.307 e. The third-order valence-corrected chi connectivity index (χ3v) is 5.03. The molecule has 0 radical (unpaired) electrons. The lowest BCUT2D eigenvalue weighted by atomic mass is 9.95. The van der Waals surface area contributed by atoms with Crippen LogP contribution in [-0.4, -0.2) is 5.91 Å². The second-order valence-corrected chi connectivity index (χ2v) is 6.71. The highest BCUT2D eigenvalue weighted by molar-refractivity contribution is 5.96. The monoisotopic (exact) mass is 307 g/mol. The predicted molar refractivity (Wildman–Crippen MR) is 95.3 cm³/mol. The van der Waals surface area contributed by atoms with E-state index in [-0.39, 0.29) is 11.8 Å². The molecule has 0 saturated heterocycles. The number of hydrogen-bond acceptors (Lipinski definition) is 1. The third kappa shape index (κ3) is 3.47. The first-order chi connectivity index (χ1) is 11.2. The van der Waals surface area contributed by atoms with Crippen LogP contribution in [0, 0.1) is 18.8 Å². The number of hydrogen-bond donors (Lipinski definition) is 0. The van der Waals surface area contributed by atoms with Crippen molar-refractivity contribution in [3.05, 3.63) is 65.7 Å². The second kappa shape index (κ2) is 6.99. The summed E-state index contributed by atoms with van der Waals surface area (Å²) in [4.78, 5) is 15.2. The number of para-hydroxylation sites is 1. The molecule has 1 aliphatic rings. The summed E-state index contributed by atoms with van der Waals surface area (Å²) in [5, 5.41) is 0. The summed E-state index contributed by atoms with van der Waals surface area (Å²) in [6.07, 6.45) is 3.37. The van der Waals surface area contributed by atoms with E-state index in [2.05, 4.69) is 38.1 Å². The van der Waals surface area contributed by atoms with Gasteiger partial charge in [-0.05, 0) is 42.9 Å². The fourth-order valence-corrected chi connectivity index (χ4v) is 3.63. The summed E-state index contributed by atoms with van der Waals surface area (Å²) in [6, 6.07) is 18.5. The number of anilines is 1. The summed E-state index contributed by atoms with van der Waals surface area (Å²) >= 11 is 0. The Morgan fingerprint density at radius 1 is 1.04 bits per heavy atom. The number of benzene rings is 2. The van der Waals surface area contributed by atoms with Crippen molar-refractivity contribution in [2.45, 2.75) is 39.7 Å². The first-order valence-electron chi connectivity index (χ1n) is 8.58. The molecule has 3 rings (SSSR count). The van der Waals surface area contributed by atoms with Crippen molar-refractivity contribution in [3.63, 3.8) is 0 Å². The van der Waals surface area contributed by atoms with Crippen LogP contribution < -0.4 is 4.90 Å². The van der Waals surface area contributed by atoms with E-state index in [1.54, 1.807) is 0 Å². The summed E-state index contributed by atoms with van der Waals surface area (Å²) in [5.74, 6) is 0.941. The molecule has 120 valence electrons. The van der Waals surface area contributed by atoms with Gasteiger partial charge in [-0.3, -0.25) is 4.79 Å². The Bertz CT molecular complexity index is 665. The highest BCUT2D eigenvalue weighted by atomic mass is 16.2. The van der Waals surface area contributed by atoms with Crippen LogP contribution in [0.3, 0.4) is 0 Å². The molecule has 1 saturated carbocycles. The van der Waals surface area contributed by atoms with Crippen LogP contribution in [0.15, 0.2) is 54.6 Å². The van der Waals surface area contributed by atoms with Crippen molar-refractivity contribution in [2.75, 3.05) is 4.90 Å². The maximum absolute atomic E-state index is 13.2. The molecule has 2 atom stereocenters. The summed E-state index contributed by atoms with van der Waals surface area (Å²) in [5.41, 5.74) is 3.37. The number of nitrogens with zero attached hydrogens (tertiary/aromatic N) is 1. The molecule has 2 heteroatoms. The standard InChI is InChI=1S/C21H25NO/c1-16-10-8-13-19(16)21(23)22(15-18-11-4-3-5-12-18)20-14-7-6-9-17(20)2/h3-7,9,11-12,14,16,19H,8,10,13,15H2,1-2H3. The molecule has 2 nitrogen and oxygen atoms in total. The van der Waals surface area contributed by atoms with Gasteiger partial charge in [-0.1, -0.05) is 61.9 Å². The van der Waals surface area contributed by atoms with Gasteiger partial charge < -0.3 is 4.90 Å². The largest absolute Gasteiger partial charge is 0.307 e. The van der Waals surface area contributed by atoms with Gasteiger partial charge in [0.05, 0.1) is 6.54 Å². The number of carbonyl (C=O) groups is 1.